The Morgan fingerprint density at radius 2 is 1.76 bits per heavy atom. The van der Waals surface area contributed by atoms with Gasteiger partial charge in [0.1, 0.15) is 22.2 Å². The number of pyridine rings is 1. The highest BCUT2D eigenvalue weighted by Gasteiger charge is 2.48. The van der Waals surface area contributed by atoms with E-state index in [1.807, 2.05) is 0 Å². The predicted octanol–water partition coefficient (Wildman–Crippen LogP) is 4.46. The number of fused-ring (bicyclic) bond motifs is 1. The molecule has 0 aliphatic rings. The monoisotopic (exact) mass is 371 g/mol. The van der Waals surface area contributed by atoms with E-state index in [-0.39, 0.29) is 11.8 Å². The summed E-state index contributed by atoms with van der Waals surface area (Å²) in [7, 11) is -5.77. The number of aromatic nitrogens is 1. The van der Waals surface area contributed by atoms with Gasteiger partial charge >= 0.3 is 5.51 Å². The second-order valence-electron chi connectivity index (χ2n) is 5.00. The van der Waals surface area contributed by atoms with Crippen LogP contribution in [0.5, 0.6) is 11.5 Å². The van der Waals surface area contributed by atoms with Crippen molar-refractivity contribution in [2.75, 3.05) is 0 Å². The third kappa shape index (κ3) is 3.27. The van der Waals surface area contributed by atoms with Crippen LogP contribution in [0.4, 0.5) is 17.6 Å². The van der Waals surface area contributed by atoms with Crippen molar-refractivity contribution in [3.8, 4) is 11.5 Å². The van der Waals surface area contributed by atoms with Gasteiger partial charge in [-0.15, -0.1) is 0 Å². The highest BCUT2D eigenvalue weighted by molar-refractivity contribution is 7.92. The van der Waals surface area contributed by atoms with Crippen LogP contribution >= 0.6 is 0 Å². The maximum atomic E-state index is 13.3. The first-order chi connectivity index (χ1) is 11.7. The zero-order chi connectivity index (χ0) is 18.2. The van der Waals surface area contributed by atoms with Gasteiger partial charge in [0, 0.05) is 11.6 Å². The van der Waals surface area contributed by atoms with E-state index in [0.29, 0.717) is 10.9 Å². The molecule has 9 heteroatoms. The number of hydrogen-bond donors (Lipinski definition) is 0. The summed E-state index contributed by atoms with van der Waals surface area (Å²) in [6.07, 6.45) is 1.57. The lowest BCUT2D eigenvalue weighted by Crippen LogP contribution is -2.23. The van der Waals surface area contributed by atoms with E-state index in [9.17, 15) is 26.0 Å². The predicted molar refractivity (Wildman–Crippen MR) is 81.5 cm³/mol. The highest BCUT2D eigenvalue weighted by atomic mass is 32.2. The number of benzene rings is 2. The minimum Gasteiger partial charge on any atom is -0.456 e. The van der Waals surface area contributed by atoms with Gasteiger partial charge in [-0.1, -0.05) is 6.07 Å². The maximum Gasteiger partial charge on any atom is 0.502 e. The van der Waals surface area contributed by atoms with Crippen molar-refractivity contribution in [1.82, 2.24) is 4.98 Å². The first-order valence-electron chi connectivity index (χ1n) is 6.82. The lowest BCUT2D eigenvalue weighted by atomic mass is 10.2. The average molecular weight is 371 g/mol. The zero-order valence-electron chi connectivity index (χ0n) is 12.3. The van der Waals surface area contributed by atoms with Crippen LogP contribution in [0.2, 0.25) is 0 Å². The Kier molecular flexibility index (Phi) is 4.11. The minimum absolute atomic E-state index is 0.0886. The van der Waals surface area contributed by atoms with Crippen LogP contribution in [0, 0.1) is 5.82 Å². The third-order valence-corrected chi connectivity index (χ3v) is 4.81. The largest absolute Gasteiger partial charge is 0.502 e. The summed E-state index contributed by atoms with van der Waals surface area (Å²) >= 11 is 0. The molecule has 3 aromatic rings. The summed E-state index contributed by atoms with van der Waals surface area (Å²) in [5, 5.41) is 0.641. The Hall–Kier alpha value is -2.68. The Balaban J connectivity index is 2.08. The van der Waals surface area contributed by atoms with Crippen molar-refractivity contribution in [3.05, 3.63) is 60.5 Å². The molecule has 0 bridgehead atoms. The Morgan fingerprint density at radius 1 is 1.00 bits per heavy atom. The van der Waals surface area contributed by atoms with Gasteiger partial charge in [0.15, 0.2) is 0 Å². The summed E-state index contributed by atoms with van der Waals surface area (Å²) < 4.78 is 80.3. The molecule has 0 spiro atoms. The van der Waals surface area contributed by atoms with Gasteiger partial charge in [0.2, 0.25) is 0 Å². The number of halogens is 4. The van der Waals surface area contributed by atoms with Gasteiger partial charge in [0.25, 0.3) is 9.84 Å². The van der Waals surface area contributed by atoms with Gasteiger partial charge in [-0.2, -0.15) is 13.2 Å². The van der Waals surface area contributed by atoms with Crippen LogP contribution < -0.4 is 4.74 Å². The second-order valence-corrected chi connectivity index (χ2v) is 6.91. The molecule has 0 N–H and O–H groups in total. The molecular formula is C16H9F4NO3S. The number of hydrogen-bond acceptors (Lipinski definition) is 4. The average Bonchev–Trinajstić information content (AvgIpc) is 2.55. The molecule has 2 aromatic carbocycles. The molecule has 1 heterocycles. The fourth-order valence-corrected chi connectivity index (χ4v) is 3.04. The number of alkyl halides is 3. The van der Waals surface area contributed by atoms with Crippen LogP contribution in [0.1, 0.15) is 0 Å². The lowest BCUT2D eigenvalue weighted by Gasteiger charge is -2.14. The fraction of sp³-hybridized carbons (Fsp3) is 0.0625. The lowest BCUT2D eigenvalue weighted by molar-refractivity contribution is -0.0437. The number of ether oxygens (including phenoxy) is 1. The summed E-state index contributed by atoms with van der Waals surface area (Å²) in [5.41, 5.74) is -4.95. The quantitative estimate of drug-likeness (QED) is 0.638. The molecule has 0 saturated carbocycles. The van der Waals surface area contributed by atoms with Crippen molar-refractivity contribution in [3.63, 3.8) is 0 Å². The van der Waals surface area contributed by atoms with Crippen LogP contribution in [-0.4, -0.2) is 18.9 Å². The molecule has 1 aromatic heterocycles. The van der Waals surface area contributed by atoms with Gasteiger partial charge in [-0.3, -0.25) is 4.98 Å². The molecule has 130 valence electrons. The maximum absolute atomic E-state index is 13.3. The molecule has 0 fully saturated rings. The summed E-state index contributed by atoms with van der Waals surface area (Å²) in [4.78, 5) is 2.79. The highest BCUT2D eigenvalue weighted by Crippen LogP contribution is 2.38. The molecule has 0 unspecified atom stereocenters. The second kappa shape index (κ2) is 5.99. The standard InChI is InChI=1S/C16H9F4NO3S/c17-11-3-6-14(15(9-11)25(22,23)16(18,19)20)24-12-4-5-13-10(8-12)2-1-7-21-13/h1-9H. The van der Waals surface area contributed by atoms with Crippen molar-refractivity contribution >= 4 is 20.7 Å². The number of sulfone groups is 1. The zero-order valence-corrected chi connectivity index (χ0v) is 13.1. The number of nitrogens with zero attached hydrogens (tertiary/aromatic N) is 1. The molecule has 25 heavy (non-hydrogen) atoms. The first kappa shape index (κ1) is 17.2. The van der Waals surface area contributed by atoms with E-state index in [2.05, 4.69) is 4.98 Å². The van der Waals surface area contributed by atoms with Crippen molar-refractivity contribution in [1.29, 1.82) is 0 Å². The van der Waals surface area contributed by atoms with Crippen LogP contribution in [0.25, 0.3) is 10.9 Å². The first-order valence-corrected chi connectivity index (χ1v) is 8.30. The Bertz CT molecular complexity index is 1050. The molecular weight excluding hydrogens is 362 g/mol. The molecule has 4 nitrogen and oxygen atoms in total. The van der Waals surface area contributed by atoms with Crippen LogP contribution in [0.3, 0.4) is 0 Å². The Labute approximate surface area is 139 Å². The Morgan fingerprint density at radius 3 is 2.48 bits per heavy atom. The molecule has 0 radical (unpaired) electrons. The topological polar surface area (TPSA) is 56.3 Å². The van der Waals surface area contributed by atoms with Crippen molar-refractivity contribution in [2.45, 2.75) is 10.4 Å². The third-order valence-electron chi connectivity index (χ3n) is 3.30. The molecule has 3 rings (SSSR count). The summed E-state index contributed by atoms with van der Waals surface area (Å²) in [6, 6.07) is 9.75. The smallest absolute Gasteiger partial charge is 0.456 e. The van der Waals surface area contributed by atoms with Crippen molar-refractivity contribution < 1.29 is 30.7 Å². The van der Waals surface area contributed by atoms with E-state index < -0.39 is 31.8 Å². The fourth-order valence-electron chi connectivity index (χ4n) is 2.15. The molecule has 0 amide bonds. The minimum atomic E-state index is -5.77. The van der Waals surface area contributed by atoms with E-state index in [4.69, 9.17) is 4.74 Å². The summed E-state index contributed by atoms with van der Waals surface area (Å²) in [5.74, 6) is -1.66. The van der Waals surface area contributed by atoms with E-state index in [1.165, 1.54) is 12.1 Å². The number of rotatable bonds is 3. The van der Waals surface area contributed by atoms with Crippen molar-refractivity contribution in [2.24, 2.45) is 0 Å². The van der Waals surface area contributed by atoms with E-state index >= 15 is 0 Å². The van der Waals surface area contributed by atoms with E-state index in [0.717, 1.165) is 12.1 Å². The van der Waals surface area contributed by atoms with Gasteiger partial charge < -0.3 is 4.74 Å². The van der Waals surface area contributed by atoms with Gasteiger partial charge in [-0.05, 0) is 42.5 Å². The van der Waals surface area contributed by atoms with Crippen LogP contribution in [0.15, 0.2) is 59.6 Å². The van der Waals surface area contributed by atoms with Gasteiger partial charge in [-0.25, -0.2) is 12.8 Å². The molecule has 0 saturated heterocycles. The molecule has 0 aliphatic heterocycles. The van der Waals surface area contributed by atoms with Crippen LogP contribution in [-0.2, 0) is 9.84 Å². The summed E-state index contributed by atoms with van der Waals surface area (Å²) in [6.45, 7) is 0. The van der Waals surface area contributed by atoms with E-state index in [1.54, 1.807) is 24.4 Å². The molecule has 0 atom stereocenters. The normalized spacial score (nSPS) is 12.3. The van der Waals surface area contributed by atoms with Gasteiger partial charge in [0.05, 0.1) is 5.52 Å². The molecule has 0 aliphatic carbocycles. The SMILES string of the molecule is O=S(=O)(c1cc(F)ccc1Oc1ccc2ncccc2c1)C(F)(F)F.